The number of aliphatic hydroxyl groups is 3. The van der Waals surface area contributed by atoms with E-state index >= 15 is 0 Å². The van der Waals surface area contributed by atoms with Crippen molar-refractivity contribution in [3.8, 4) is 10.1 Å². The van der Waals surface area contributed by atoms with Crippen molar-refractivity contribution in [2.24, 2.45) is 0 Å². The number of hydrogen-bond donors (Lipinski definition) is 3. The molecule has 4 heterocycles. The molecule has 7 nitrogen and oxygen atoms in total. The minimum atomic E-state index is -1.13. The van der Waals surface area contributed by atoms with E-state index in [1.807, 2.05) is 18.2 Å². The van der Waals surface area contributed by atoms with Crippen LogP contribution in [0.4, 0.5) is 0 Å². The number of aromatic nitrogens is 3. The van der Waals surface area contributed by atoms with Crippen molar-refractivity contribution in [2.75, 3.05) is 6.61 Å². The first-order valence-corrected chi connectivity index (χ1v) is 9.03. The standard InChI is InChI=1S/C15H15N3O4Se/c19-6-9-12(20)13(21)15(22-9)18-4-3-8-11(10-2-1-5-23-10)16-7-17-14(8)18/h1-5,7,9,12-13,15,19-21H,6H2/t9?,12-,13-,15+/m0/s1. The molecular formula is C15H15N3O4Se. The Hall–Kier alpha value is -1.54. The van der Waals surface area contributed by atoms with E-state index in [1.165, 1.54) is 10.8 Å². The summed E-state index contributed by atoms with van der Waals surface area (Å²) < 4.78 is 8.43. The summed E-state index contributed by atoms with van der Waals surface area (Å²) in [4.78, 5) is 10.8. The molecule has 3 aromatic heterocycles. The maximum atomic E-state index is 10.2. The van der Waals surface area contributed by atoms with Gasteiger partial charge in [-0.05, 0) is 0 Å². The summed E-state index contributed by atoms with van der Waals surface area (Å²) in [5.41, 5.74) is 1.51. The molecule has 0 radical (unpaired) electrons. The van der Waals surface area contributed by atoms with Gasteiger partial charge in [-0.3, -0.25) is 0 Å². The normalized spacial score (nSPS) is 27.8. The van der Waals surface area contributed by atoms with E-state index in [2.05, 4.69) is 14.9 Å². The first-order chi connectivity index (χ1) is 11.2. The summed E-state index contributed by atoms with van der Waals surface area (Å²) in [7, 11) is 0. The number of nitrogens with zero attached hydrogens (tertiary/aromatic N) is 3. The molecule has 0 saturated carbocycles. The molecule has 8 heteroatoms. The molecule has 1 fully saturated rings. The zero-order chi connectivity index (χ0) is 16.0. The van der Waals surface area contributed by atoms with Crippen LogP contribution in [0.15, 0.2) is 35.7 Å². The molecule has 0 aliphatic carbocycles. The van der Waals surface area contributed by atoms with E-state index in [4.69, 9.17) is 4.74 Å². The molecular weight excluding hydrogens is 365 g/mol. The van der Waals surface area contributed by atoms with Crippen LogP contribution in [0.25, 0.3) is 21.2 Å². The molecule has 0 bridgehead atoms. The van der Waals surface area contributed by atoms with Gasteiger partial charge in [-0.25, -0.2) is 0 Å². The molecule has 1 saturated heterocycles. The number of aliphatic hydroxyl groups excluding tert-OH is 3. The number of rotatable bonds is 3. The molecule has 1 aliphatic rings. The van der Waals surface area contributed by atoms with Gasteiger partial charge in [0.2, 0.25) is 0 Å². The van der Waals surface area contributed by atoms with Crippen LogP contribution < -0.4 is 0 Å². The summed E-state index contributed by atoms with van der Waals surface area (Å²) in [6, 6.07) is 5.95. The summed E-state index contributed by atoms with van der Waals surface area (Å²) in [5, 5.41) is 30.2. The summed E-state index contributed by atoms with van der Waals surface area (Å²) in [5.74, 6) is 0. The van der Waals surface area contributed by atoms with Crippen LogP contribution in [0.1, 0.15) is 6.23 Å². The first-order valence-electron chi connectivity index (χ1n) is 7.18. The molecule has 4 atom stereocenters. The Morgan fingerprint density at radius 3 is 2.78 bits per heavy atom. The Bertz CT molecular complexity index is 819. The van der Waals surface area contributed by atoms with E-state index in [0.29, 0.717) is 5.65 Å². The molecule has 0 aromatic carbocycles. The van der Waals surface area contributed by atoms with Crippen molar-refractivity contribution >= 4 is 25.5 Å². The topological polar surface area (TPSA) is 101 Å². The van der Waals surface area contributed by atoms with Crippen molar-refractivity contribution in [1.29, 1.82) is 0 Å². The average molecular weight is 380 g/mol. The Labute approximate surface area is 137 Å². The summed E-state index contributed by atoms with van der Waals surface area (Å²) in [6.45, 7) is -0.352. The molecule has 0 spiro atoms. The van der Waals surface area contributed by atoms with Crippen LogP contribution in [-0.4, -0.2) is 69.3 Å². The fraction of sp³-hybridized carbons (Fsp3) is 0.333. The Morgan fingerprint density at radius 2 is 2.09 bits per heavy atom. The van der Waals surface area contributed by atoms with Gasteiger partial charge in [-0.15, -0.1) is 0 Å². The first kappa shape index (κ1) is 15.0. The predicted octanol–water partition coefficient (Wildman–Crippen LogP) is -0.233. The predicted molar refractivity (Wildman–Crippen MR) is 82.9 cm³/mol. The van der Waals surface area contributed by atoms with Gasteiger partial charge in [-0.1, -0.05) is 0 Å². The molecule has 23 heavy (non-hydrogen) atoms. The fourth-order valence-electron chi connectivity index (χ4n) is 2.90. The third kappa shape index (κ3) is 2.35. The van der Waals surface area contributed by atoms with Gasteiger partial charge < -0.3 is 0 Å². The van der Waals surface area contributed by atoms with Crippen molar-refractivity contribution in [3.05, 3.63) is 35.7 Å². The minimum absolute atomic E-state index is 0.255. The van der Waals surface area contributed by atoms with Gasteiger partial charge >= 0.3 is 137 Å². The van der Waals surface area contributed by atoms with Crippen LogP contribution in [0.2, 0.25) is 0 Å². The molecule has 1 unspecified atom stereocenters. The summed E-state index contributed by atoms with van der Waals surface area (Å²) >= 11 is 0.255. The number of hydrogen-bond acceptors (Lipinski definition) is 6. The van der Waals surface area contributed by atoms with Gasteiger partial charge in [0, 0.05) is 0 Å². The van der Waals surface area contributed by atoms with Crippen LogP contribution >= 0.6 is 0 Å². The maximum absolute atomic E-state index is 10.2. The SMILES string of the molecule is OCC1O[C@@H](n2ccc3c(-c4ccc[se]4)ncnc32)[C@@H](O)[C@H]1O. The summed E-state index contributed by atoms with van der Waals surface area (Å²) in [6.07, 6.45) is -0.599. The number of fused-ring (bicyclic) bond motifs is 1. The second-order valence-corrected chi connectivity index (χ2v) is 7.38. The van der Waals surface area contributed by atoms with E-state index < -0.39 is 24.5 Å². The quantitative estimate of drug-likeness (QED) is 0.543. The van der Waals surface area contributed by atoms with Crippen LogP contribution in [0, 0.1) is 0 Å². The monoisotopic (exact) mass is 381 g/mol. The third-order valence-corrected chi connectivity index (χ3v) is 5.89. The van der Waals surface area contributed by atoms with Crippen LogP contribution in [-0.2, 0) is 4.74 Å². The average Bonchev–Trinajstić information content (AvgIpc) is 3.28. The van der Waals surface area contributed by atoms with Gasteiger partial charge in [0.25, 0.3) is 0 Å². The fourth-order valence-corrected chi connectivity index (χ4v) is 4.44. The molecule has 3 aromatic rings. The molecule has 4 rings (SSSR count). The van der Waals surface area contributed by atoms with E-state index in [-0.39, 0.29) is 21.1 Å². The van der Waals surface area contributed by atoms with E-state index in [1.54, 1.807) is 10.8 Å². The van der Waals surface area contributed by atoms with Crippen LogP contribution in [0.5, 0.6) is 0 Å². The zero-order valence-electron chi connectivity index (χ0n) is 12.0. The Kier molecular flexibility index (Phi) is 3.80. The van der Waals surface area contributed by atoms with Gasteiger partial charge in [-0.2, -0.15) is 0 Å². The van der Waals surface area contributed by atoms with Crippen LogP contribution in [0.3, 0.4) is 0 Å². The van der Waals surface area contributed by atoms with Crippen molar-refractivity contribution in [2.45, 2.75) is 24.5 Å². The molecule has 0 amide bonds. The molecule has 120 valence electrons. The van der Waals surface area contributed by atoms with Crippen molar-refractivity contribution in [3.63, 3.8) is 0 Å². The third-order valence-electron chi connectivity index (χ3n) is 4.06. The van der Waals surface area contributed by atoms with E-state index in [9.17, 15) is 15.3 Å². The molecule has 1 aliphatic heterocycles. The molecule has 3 N–H and O–H groups in total. The Balaban J connectivity index is 1.80. The number of ether oxygens (including phenoxy) is 1. The van der Waals surface area contributed by atoms with Gasteiger partial charge in [0.05, 0.1) is 0 Å². The van der Waals surface area contributed by atoms with Gasteiger partial charge in [0.15, 0.2) is 0 Å². The van der Waals surface area contributed by atoms with E-state index in [0.717, 1.165) is 11.1 Å². The Morgan fingerprint density at radius 1 is 1.22 bits per heavy atom. The zero-order valence-corrected chi connectivity index (χ0v) is 13.7. The second kappa shape index (κ2) is 5.83. The second-order valence-electron chi connectivity index (χ2n) is 5.39. The van der Waals surface area contributed by atoms with Gasteiger partial charge in [0.1, 0.15) is 0 Å². The van der Waals surface area contributed by atoms with Crippen molar-refractivity contribution < 1.29 is 20.1 Å². The van der Waals surface area contributed by atoms with Crippen molar-refractivity contribution in [1.82, 2.24) is 14.5 Å².